The van der Waals surface area contributed by atoms with Crippen LogP contribution in [0.4, 0.5) is 10.2 Å². The Morgan fingerprint density at radius 3 is 2.50 bits per heavy atom. The van der Waals surface area contributed by atoms with Gasteiger partial charge in [0.25, 0.3) is 5.91 Å². The summed E-state index contributed by atoms with van der Waals surface area (Å²) in [5.74, 6) is 0.247. The number of carbonyl (C=O) groups excluding carboxylic acids is 1. The van der Waals surface area contributed by atoms with E-state index in [0.29, 0.717) is 31.7 Å². The van der Waals surface area contributed by atoms with Gasteiger partial charge in [-0.25, -0.2) is 19.0 Å². The fourth-order valence-corrected chi connectivity index (χ4v) is 3.77. The number of fused-ring (bicyclic) bond motifs is 1. The molecule has 0 atom stereocenters. The zero-order chi connectivity index (χ0) is 20.5. The van der Waals surface area contributed by atoms with Crippen molar-refractivity contribution in [3.8, 4) is 5.69 Å². The lowest BCUT2D eigenvalue weighted by atomic mass is 10.1. The van der Waals surface area contributed by atoms with Crippen LogP contribution in [-0.2, 0) is 0 Å². The molecule has 1 aliphatic rings. The Morgan fingerprint density at radius 1 is 0.933 bits per heavy atom. The third-order valence-electron chi connectivity index (χ3n) is 5.28. The van der Waals surface area contributed by atoms with Crippen LogP contribution in [0.2, 0.25) is 0 Å². The molecule has 150 valence electrons. The van der Waals surface area contributed by atoms with Gasteiger partial charge in [0.2, 0.25) is 0 Å². The van der Waals surface area contributed by atoms with Crippen LogP contribution in [0.25, 0.3) is 16.7 Å². The average molecular weight is 402 g/mol. The normalized spacial score (nSPS) is 14.3. The molecule has 0 aliphatic carbocycles. The predicted molar refractivity (Wildman–Crippen MR) is 111 cm³/mol. The summed E-state index contributed by atoms with van der Waals surface area (Å²) < 4.78 is 15.2. The number of amides is 1. The number of rotatable bonds is 3. The van der Waals surface area contributed by atoms with Crippen molar-refractivity contribution in [2.24, 2.45) is 0 Å². The Morgan fingerprint density at radius 2 is 1.73 bits per heavy atom. The van der Waals surface area contributed by atoms with Crippen molar-refractivity contribution in [3.05, 3.63) is 78.5 Å². The van der Waals surface area contributed by atoms with Gasteiger partial charge in [-0.05, 0) is 30.3 Å². The van der Waals surface area contributed by atoms with Crippen LogP contribution in [0.15, 0.2) is 67.1 Å². The van der Waals surface area contributed by atoms with Crippen LogP contribution in [0, 0.1) is 5.82 Å². The molecule has 1 aliphatic heterocycles. The molecule has 0 bridgehead atoms. The first-order valence-electron chi connectivity index (χ1n) is 9.74. The standard InChI is InChI=1S/C22H19FN6O/c23-17-6-4-5-16(13-17)22(30)28-11-9-27(10-12-28)20-19-14-26-29(21(19)25-15-24-20)18-7-2-1-3-8-18/h1-8,13-15H,9-12H2. The van der Waals surface area contributed by atoms with Crippen molar-refractivity contribution in [2.75, 3.05) is 31.1 Å². The van der Waals surface area contributed by atoms with Crippen molar-refractivity contribution in [2.45, 2.75) is 0 Å². The highest BCUT2D eigenvalue weighted by atomic mass is 19.1. The molecule has 8 heteroatoms. The molecule has 0 spiro atoms. The lowest BCUT2D eigenvalue weighted by molar-refractivity contribution is 0.0746. The van der Waals surface area contributed by atoms with Crippen molar-refractivity contribution >= 4 is 22.8 Å². The number of para-hydroxylation sites is 1. The number of anilines is 1. The molecular weight excluding hydrogens is 383 g/mol. The molecule has 5 rings (SSSR count). The van der Waals surface area contributed by atoms with Crippen molar-refractivity contribution in [1.29, 1.82) is 0 Å². The first kappa shape index (κ1) is 18.2. The lowest BCUT2D eigenvalue weighted by Crippen LogP contribution is -2.49. The number of nitrogens with zero attached hydrogens (tertiary/aromatic N) is 6. The Kier molecular flexibility index (Phi) is 4.59. The third kappa shape index (κ3) is 3.26. The smallest absolute Gasteiger partial charge is 0.254 e. The molecule has 0 N–H and O–H groups in total. The molecule has 2 aromatic heterocycles. The summed E-state index contributed by atoms with van der Waals surface area (Å²) in [6.45, 7) is 2.33. The third-order valence-corrected chi connectivity index (χ3v) is 5.28. The van der Waals surface area contributed by atoms with Gasteiger partial charge in [-0.1, -0.05) is 24.3 Å². The number of hydrogen-bond donors (Lipinski definition) is 0. The maximum absolute atomic E-state index is 13.5. The maximum Gasteiger partial charge on any atom is 0.254 e. The van der Waals surface area contributed by atoms with Gasteiger partial charge in [-0.2, -0.15) is 5.10 Å². The highest BCUT2D eigenvalue weighted by Gasteiger charge is 2.25. The first-order chi connectivity index (χ1) is 14.7. The van der Waals surface area contributed by atoms with Gasteiger partial charge in [-0.3, -0.25) is 4.79 Å². The fraction of sp³-hybridized carbons (Fsp3) is 0.182. The van der Waals surface area contributed by atoms with Gasteiger partial charge in [0.15, 0.2) is 5.65 Å². The zero-order valence-electron chi connectivity index (χ0n) is 16.1. The Bertz CT molecular complexity index is 1200. The summed E-state index contributed by atoms with van der Waals surface area (Å²) in [4.78, 5) is 25.5. The van der Waals surface area contributed by atoms with E-state index >= 15 is 0 Å². The molecule has 7 nitrogen and oxygen atoms in total. The molecule has 1 saturated heterocycles. The van der Waals surface area contributed by atoms with Crippen LogP contribution in [0.5, 0.6) is 0 Å². The first-order valence-corrected chi connectivity index (χ1v) is 9.74. The predicted octanol–water partition coefficient (Wildman–Crippen LogP) is 2.92. The second-order valence-electron chi connectivity index (χ2n) is 7.12. The van der Waals surface area contributed by atoms with E-state index in [1.165, 1.54) is 12.1 Å². The molecule has 2 aromatic carbocycles. The second kappa shape index (κ2) is 7.55. The highest BCUT2D eigenvalue weighted by Crippen LogP contribution is 2.25. The number of piperazine rings is 1. The lowest BCUT2D eigenvalue weighted by Gasteiger charge is -2.35. The van der Waals surface area contributed by atoms with Gasteiger partial charge in [0, 0.05) is 31.7 Å². The molecule has 0 unspecified atom stereocenters. The van der Waals surface area contributed by atoms with Crippen LogP contribution >= 0.6 is 0 Å². The number of aromatic nitrogens is 4. The molecule has 1 fully saturated rings. The van der Waals surface area contributed by atoms with Gasteiger partial charge in [0.1, 0.15) is 18.0 Å². The van der Waals surface area contributed by atoms with E-state index in [-0.39, 0.29) is 5.91 Å². The minimum Gasteiger partial charge on any atom is -0.352 e. The van der Waals surface area contributed by atoms with Crippen LogP contribution in [-0.4, -0.2) is 56.7 Å². The summed E-state index contributed by atoms with van der Waals surface area (Å²) in [7, 11) is 0. The minimum absolute atomic E-state index is 0.154. The fourth-order valence-electron chi connectivity index (χ4n) is 3.77. The number of benzene rings is 2. The Balaban J connectivity index is 1.36. The van der Waals surface area contributed by atoms with Crippen molar-refractivity contribution in [3.63, 3.8) is 0 Å². The van der Waals surface area contributed by atoms with Crippen LogP contribution in [0.1, 0.15) is 10.4 Å². The zero-order valence-corrected chi connectivity index (χ0v) is 16.1. The van der Waals surface area contributed by atoms with Gasteiger partial charge in [0.05, 0.1) is 17.3 Å². The average Bonchev–Trinajstić information content (AvgIpc) is 3.24. The number of hydrogen-bond acceptors (Lipinski definition) is 5. The number of halogens is 1. The maximum atomic E-state index is 13.5. The summed E-state index contributed by atoms with van der Waals surface area (Å²) >= 11 is 0. The largest absolute Gasteiger partial charge is 0.352 e. The quantitative estimate of drug-likeness (QED) is 0.527. The monoisotopic (exact) mass is 402 g/mol. The molecular formula is C22H19FN6O. The van der Waals surface area contributed by atoms with Gasteiger partial charge < -0.3 is 9.80 Å². The van der Waals surface area contributed by atoms with Gasteiger partial charge >= 0.3 is 0 Å². The topological polar surface area (TPSA) is 67.2 Å². The SMILES string of the molecule is O=C(c1cccc(F)c1)N1CCN(c2ncnc3c2cnn3-c2ccccc2)CC1. The highest BCUT2D eigenvalue weighted by molar-refractivity contribution is 5.94. The summed E-state index contributed by atoms with van der Waals surface area (Å²) in [5.41, 5.74) is 2.05. The molecule has 0 radical (unpaired) electrons. The molecule has 4 aromatic rings. The van der Waals surface area contributed by atoms with E-state index in [9.17, 15) is 9.18 Å². The molecule has 30 heavy (non-hydrogen) atoms. The van der Waals surface area contributed by atoms with E-state index in [1.54, 1.807) is 34.2 Å². The van der Waals surface area contributed by atoms with Crippen molar-refractivity contribution in [1.82, 2.24) is 24.6 Å². The van der Waals surface area contributed by atoms with Gasteiger partial charge in [-0.15, -0.1) is 0 Å². The minimum atomic E-state index is -0.404. The number of carbonyl (C=O) groups is 1. The van der Waals surface area contributed by atoms with Crippen LogP contribution in [0.3, 0.4) is 0 Å². The summed E-state index contributed by atoms with van der Waals surface area (Å²) in [6, 6.07) is 15.6. The van der Waals surface area contributed by atoms with E-state index in [2.05, 4.69) is 20.0 Å². The van der Waals surface area contributed by atoms with Crippen LogP contribution < -0.4 is 4.90 Å². The molecule has 1 amide bonds. The van der Waals surface area contributed by atoms with E-state index in [4.69, 9.17) is 0 Å². The summed E-state index contributed by atoms with van der Waals surface area (Å²) in [5, 5.41) is 5.37. The van der Waals surface area contributed by atoms with E-state index in [0.717, 1.165) is 22.5 Å². The van der Waals surface area contributed by atoms with E-state index < -0.39 is 5.82 Å². The molecule has 0 saturated carbocycles. The Hall–Kier alpha value is -3.81. The second-order valence-corrected chi connectivity index (χ2v) is 7.12. The van der Waals surface area contributed by atoms with Crippen molar-refractivity contribution < 1.29 is 9.18 Å². The summed E-state index contributed by atoms with van der Waals surface area (Å²) in [6.07, 6.45) is 3.32. The Labute approximate surface area is 172 Å². The van der Waals surface area contributed by atoms with E-state index in [1.807, 2.05) is 30.3 Å². The molecule has 3 heterocycles.